The zero-order valence-electron chi connectivity index (χ0n) is 13.7. The first-order chi connectivity index (χ1) is 12.2. The Morgan fingerprint density at radius 3 is 2.96 bits per heavy atom. The van der Waals surface area contributed by atoms with E-state index in [0.29, 0.717) is 24.6 Å². The zero-order valence-corrected chi connectivity index (χ0v) is 13.7. The first-order valence-electron chi connectivity index (χ1n) is 8.17. The van der Waals surface area contributed by atoms with Crippen LogP contribution < -0.4 is 5.56 Å². The van der Waals surface area contributed by atoms with Crippen LogP contribution in [-0.4, -0.2) is 21.4 Å². The van der Waals surface area contributed by atoms with Gasteiger partial charge in [-0.15, -0.1) is 6.42 Å². The smallest absolute Gasteiger partial charge is 0.254 e. The number of benzene rings is 1. The van der Waals surface area contributed by atoms with Crippen LogP contribution in [0.4, 0.5) is 0 Å². The van der Waals surface area contributed by atoms with Crippen LogP contribution in [0.25, 0.3) is 11.6 Å². The van der Waals surface area contributed by atoms with Gasteiger partial charge in [-0.3, -0.25) is 9.69 Å². The first kappa shape index (κ1) is 15.4. The molecule has 1 aliphatic rings. The molecule has 0 atom stereocenters. The predicted octanol–water partition coefficient (Wildman–Crippen LogP) is 2.57. The molecular weight excluding hydrogens is 314 g/mol. The molecule has 0 unspecified atom stereocenters. The Morgan fingerprint density at radius 2 is 2.16 bits per heavy atom. The molecule has 1 N–H and O–H groups in total. The SMILES string of the molecule is C#Cc1ccccc1CN1CCc2c(nc(-c3ccco3)[nH]c2=O)C1. The van der Waals surface area contributed by atoms with Gasteiger partial charge in [0.1, 0.15) is 0 Å². The summed E-state index contributed by atoms with van der Waals surface area (Å²) in [7, 11) is 0. The highest BCUT2D eigenvalue weighted by atomic mass is 16.3. The van der Waals surface area contributed by atoms with Crippen LogP contribution in [0, 0.1) is 12.3 Å². The van der Waals surface area contributed by atoms with Gasteiger partial charge in [0, 0.05) is 30.8 Å². The summed E-state index contributed by atoms with van der Waals surface area (Å²) in [5, 5.41) is 0. The topological polar surface area (TPSA) is 62.1 Å². The number of aromatic amines is 1. The summed E-state index contributed by atoms with van der Waals surface area (Å²) in [5.41, 5.74) is 3.50. The van der Waals surface area contributed by atoms with Crippen LogP contribution in [0.2, 0.25) is 0 Å². The fraction of sp³-hybridized carbons (Fsp3) is 0.200. The van der Waals surface area contributed by atoms with E-state index in [1.54, 1.807) is 18.4 Å². The van der Waals surface area contributed by atoms with Crippen molar-refractivity contribution in [1.29, 1.82) is 0 Å². The Kier molecular flexibility index (Phi) is 3.96. The highest BCUT2D eigenvalue weighted by Crippen LogP contribution is 2.21. The standard InChI is InChI=1S/C20H17N3O2/c1-2-14-6-3-4-7-15(14)12-23-10-9-16-17(13-23)21-19(22-20(16)24)18-8-5-11-25-18/h1,3-8,11H,9-10,12-13H2,(H,21,22,24). The highest BCUT2D eigenvalue weighted by molar-refractivity contribution is 5.47. The van der Waals surface area contributed by atoms with E-state index in [4.69, 9.17) is 10.8 Å². The molecule has 5 nitrogen and oxygen atoms in total. The third kappa shape index (κ3) is 3.00. The van der Waals surface area contributed by atoms with Crippen LogP contribution >= 0.6 is 0 Å². The second-order valence-corrected chi connectivity index (χ2v) is 6.08. The maximum absolute atomic E-state index is 12.4. The van der Waals surface area contributed by atoms with Crippen molar-refractivity contribution in [2.75, 3.05) is 6.54 Å². The van der Waals surface area contributed by atoms with Crippen molar-refractivity contribution >= 4 is 0 Å². The molecule has 0 radical (unpaired) electrons. The van der Waals surface area contributed by atoms with Gasteiger partial charge >= 0.3 is 0 Å². The second-order valence-electron chi connectivity index (χ2n) is 6.08. The van der Waals surface area contributed by atoms with Gasteiger partial charge in [-0.2, -0.15) is 0 Å². The highest BCUT2D eigenvalue weighted by Gasteiger charge is 2.22. The number of nitrogens with zero attached hydrogens (tertiary/aromatic N) is 2. The van der Waals surface area contributed by atoms with Crippen molar-refractivity contribution < 1.29 is 4.42 Å². The Hall–Kier alpha value is -3.10. The minimum atomic E-state index is -0.0833. The lowest BCUT2D eigenvalue weighted by atomic mass is 10.0. The Labute approximate surface area is 145 Å². The molecule has 4 rings (SSSR count). The van der Waals surface area contributed by atoms with Gasteiger partial charge in [0.05, 0.1) is 12.0 Å². The molecule has 2 aromatic heterocycles. The maximum Gasteiger partial charge on any atom is 0.254 e. The number of aromatic nitrogens is 2. The summed E-state index contributed by atoms with van der Waals surface area (Å²) in [6.45, 7) is 2.16. The van der Waals surface area contributed by atoms with E-state index in [2.05, 4.69) is 20.8 Å². The number of furan rings is 1. The third-order valence-electron chi connectivity index (χ3n) is 4.47. The minimum absolute atomic E-state index is 0.0833. The second kappa shape index (κ2) is 6.42. The number of nitrogens with one attached hydrogen (secondary N) is 1. The van der Waals surface area contributed by atoms with E-state index in [1.165, 1.54) is 0 Å². The van der Waals surface area contributed by atoms with Gasteiger partial charge < -0.3 is 9.40 Å². The van der Waals surface area contributed by atoms with Crippen molar-refractivity contribution in [3.05, 3.63) is 75.4 Å². The molecule has 3 heterocycles. The van der Waals surface area contributed by atoms with Crippen LogP contribution in [0.1, 0.15) is 22.4 Å². The average Bonchev–Trinajstić information content (AvgIpc) is 3.16. The monoisotopic (exact) mass is 331 g/mol. The van der Waals surface area contributed by atoms with E-state index in [9.17, 15) is 4.79 Å². The predicted molar refractivity (Wildman–Crippen MR) is 94.8 cm³/mol. The average molecular weight is 331 g/mol. The molecular formula is C20H17N3O2. The lowest BCUT2D eigenvalue weighted by Gasteiger charge is -2.28. The van der Waals surface area contributed by atoms with Crippen LogP contribution in [0.5, 0.6) is 0 Å². The lowest BCUT2D eigenvalue weighted by Crippen LogP contribution is -2.35. The molecule has 0 bridgehead atoms. The Morgan fingerprint density at radius 1 is 1.28 bits per heavy atom. The fourth-order valence-electron chi connectivity index (χ4n) is 3.20. The summed E-state index contributed by atoms with van der Waals surface area (Å²) < 4.78 is 5.35. The van der Waals surface area contributed by atoms with E-state index in [-0.39, 0.29) is 5.56 Å². The van der Waals surface area contributed by atoms with Crippen molar-refractivity contribution in [3.8, 4) is 23.9 Å². The third-order valence-corrected chi connectivity index (χ3v) is 4.47. The Balaban J connectivity index is 1.62. The summed E-state index contributed by atoms with van der Waals surface area (Å²) in [6.07, 6.45) is 7.83. The number of H-pyrrole nitrogens is 1. The van der Waals surface area contributed by atoms with Crippen LogP contribution in [-0.2, 0) is 19.5 Å². The molecule has 0 amide bonds. The number of hydrogen-bond donors (Lipinski definition) is 1. The molecule has 5 heteroatoms. The normalized spacial score (nSPS) is 14.0. The largest absolute Gasteiger partial charge is 0.461 e. The van der Waals surface area contributed by atoms with E-state index in [0.717, 1.165) is 35.5 Å². The van der Waals surface area contributed by atoms with E-state index >= 15 is 0 Å². The first-order valence-corrected chi connectivity index (χ1v) is 8.17. The summed E-state index contributed by atoms with van der Waals surface area (Å²) in [6, 6.07) is 11.5. The molecule has 1 aliphatic heterocycles. The van der Waals surface area contributed by atoms with Gasteiger partial charge in [0.25, 0.3) is 5.56 Å². The molecule has 0 saturated heterocycles. The minimum Gasteiger partial charge on any atom is -0.461 e. The quantitative estimate of drug-likeness (QED) is 0.749. The van der Waals surface area contributed by atoms with Gasteiger partial charge in [-0.1, -0.05) is 24.1 Å². The summed E-state index contributed by atoms with van der Waals surface area (Å²) >= 11 is 0. The van der Waals surface area contributed by atoms with Crippen LogP contribution in [0.3, 0.4) is 0 Å². The lowest BCUT2D eigenvalue weighted by molar-refractivity contribution is 0.240. The van der Waals surface area contributed by atoms with E-state index < -0.39 is 0 Å². The zero-order chi connectivity index (χ0) is 17.2. The summed E-state index contributed by atoms with van der Waals surface area (Å²) in [4.78, 5) is 22.1. The van der Waals surface area contributed by atoms with Crippen molar-refractivity contribution in [1.82, 2.24) is 14.9 Å². The molecule has 0 aliphatic carbocycles. The molecule has 25 heavy (non-hydrogen) atoms. The van der Waals surface area contributed by atoms with Gasteiger partial charge in [-0.05, 0) is 30.2 Å². The molecule has 3 aromatic rings. The molecule has 0 saturated carbocycles. The molecule has 0 fully saturated rings. The fourth-order valence-corrected chi connectivity index (χ4v) is 3.20. The van der Waals surface area contributed by atoms with Crippen molar-refractivity contribution in [3.63, 3.8) is 0 Å². The maximum atomic E-state index is 12.4. The number of terminal acetylenes is 1. The molecule has 124 valence electrons. The van der Waals surface area contributed by atoms with Crippen molar-refractivity contribution in [2.24, 2.45) is 0 Å². The van der Waals surface area contributed by atoms with Gasteiger partial charge in [0.2, 0.25) is 0 Å². The number of rotatable bonds is 3. The molecule has 1 aromatic carbocycles. The summed E-state index contributed by atoms with van der Waals surface area (Å²) in [5.74, 6) is 3.77. The Bertz CT molecular complexity index is 997. The van der Waals surface area contributed by atoms with Crippen LogP contribution in [0.15, 0.2) is 51.9 Å². The van der Waals surface area contributed by atoms with Gasteiger partial charge in [-0.25, -0.2) is 4.98 Å². The molecule has 0 spiro atoms. The number of fused-ring (bicyclic) bond motifs is 1. The van der Waals surface area contributed by atoms with Gasteiger partial charge in [0.15, 0.2) is 11.6 Å². The van der Waals surface area contributed by atoms with E-state index in [1.807, 2.05) is 24.3 Å². The number of hydrogen-bond acceptors (Lipinski definition) is 4. The van der Waals surface area contributed by atoms with Crippen molar-refractivity contribution in [2.45, 2.75) is 19.5 Å².